The Morgan fingerprint density at radius 1 is 0.545 bits per heavy atom. The van der Waals surface area contributed by atoms with Crippen LogP contribution < -0.4 is 17.0 Å². The van der Waals surface area contributed by atoms with Crippen molar-refractivity contribution in [3.05, 3.63) is 0 Å². The summed E-state index contributed by atoms with van der Waals surface area (Å²) in [6.45, 7) is 7.06. The molecule has 0 saturated heterocycles. The highest BCUT2D eigenvalue weighted by Gasteiger charge is 2.27. The molecule has 0 aliphatic heterocycles. The van der Waals surface area contributed by atoms with Gasteiger partial charge in [0.2, 0.25) is 0 Å². The zero-order chi connectivity index (χ0) is 15.8. The second-order valence-electron chi connectivity index (χ2n) is 7.08. The summed E-state index contributed by atoms with van der Waals surface area (Å²) >= 11 is 3.58. The SMILES string of the molecule is CCCCC(CCCC)(CCCC)CCCCCCC[SH2+].[Br-]. The predicted octanol–water partition coefficient (Wildman–Crippen LogP) is 3.90. The van der Waals surface area contributed by atoms with Gasteiger partial charge in [0.25, 0.3) is 0 Å². The van der Waals surface area contributed by atoms with Crippen molar-refractivity contribution in [3.8, 4) is 0 Å². The number of hydrogen-bond donors (Lipinski definition) is 0. The van der Waals surface area contributed by atoms with Crippen molar-refractivity contribution < 1.29 is 17.0 Å². The van der Waals surface area contributed by atoms with Gasteiger partial charge >= 0.3 is 0 Å². The van der Waals surface area contributed by atoms with Gasteiger partial charge in [0.1, 0.15) is 5.75 Å². The van der Waals surface area contributed by atoms with E-state index < -0.39 is 0 Å². The molecule has 22 heavy (non-hydrogen) atoms. The van der Waals surface area contributed by atoms with Crippen molar-refractivity contribution in [3.63, 3.8) is 0 Å². The van der Waals surface area contributed by atoms with Gasteiger partial charge in [0.05, 0.1) is 0 Å². The summed E-state index contributed by atoms with van der Waals surface area (Å²) in [5.74, 6) is 1.17. The first-order chi connectivity index (χ1) is 10.2. The quantitative estimate of drug-likeness (QED) is 0.275. The van der Waals surface area contributed by atoms with E-state index in [2.05, 4.69) is 33.4 Å². The molecule has 0 bridgehead atoms. The molecule has 0 N–H and O–H groups in total. The maximum absolute atomic E-state index is 3.58. The molecule has 0 unspecified atom stereocenters. The Kier molecular flexibility index (Phi) is 20.7. The second-order valence-corrected chi connectivity index (χ2v) is 7.58. The van der Waals surface area contributed by atoms with Gasteiger partial charge in [-0.3, -0.25) is 0 Å². The summed E-state index contributed by atoms with van der Waals surface area (Å²) in [7, 11) is 0. The average molecular weight is 396 g/mol. The van der Waals surface area contributed by atoms with E-state index in [4.69, 9.17) is 0 Å². The van der Waals surface area contributed by atoms with Crippen LogP contribution >= 0.6 is 0 Å². The maximum Gasteiger partial charge on any atom is 0.103 e. The molecule has 2 heteroatoms. The molecule has 0 spiro atoms. The summed E-state index contributed by atoms with van der Waals surface area (Å²) in [6.07, 6.45) is 21.5. The van der Waals surface area contributed by atoms with E-state index in [1.165, 1.54) is 102 Å². The third kappa shape index (κ3) is 13.3. The normalized spacial score (nSPS) is 11.5. The van der Waals surface area contributed by atoms with Crippen LogP contribution in [0.4, 0.5) is 0 Å². The predicted molar refractivity (Wildman–Crippen MR) is 104 cm³/mol. The van der Waals surface area contributed by atoms with Gasteiger partial charge < -0.3 is 17.0 Å². The van der Waals surface area contributed by atoms with E-state index >= 15 is 0 Å². The maximum atomic E-state index is 3.58. The lowest BCUT2D eigenvalue weighted by Gasteiger charge is -2.35. The molecule has 0 aliphatic rings. The smallest absolute Gasteiger partial charge is 0.103 e. The molecule has 0 amide bonds. The van der Waals surface area contributed by atoms with Crippen LogP contribution in [0.1, 0.15) is 117 Å². The van der Waals surface area contributed by atoms with E-state index in [1.807, 2.05) is 0 Å². The molecule has 0 rings (SSSR count). The number of hydrogen-bond acceptors (Lipinski definition) is 0. The first-order valence-corrected chi connectivity index (χ1v) is 10.6. The summed E-state index contributed by atoms with van der Waals surface area (Å²) in [5.41, 5.74) is 0.692. The lowest BCUT2D eigenvalue weighted by molar-refractivity contribution is -0.00000502. The third-order valence-electron chi connectivity index (χ3n) is 5.07. The molecule has 0 heterocycles. The molecular weight excluding hydrogens is 352 g/mol. The summed E-state index contributed by atoms with van der Waals surface area (Å²) in [6, 6.07) is 0. The van der Waals surface area contributed by atoms with Gasteiger partial charge in [-0.05, 0) is 56.6 Å². The van der Waals surface area contributed by atoms with Crippen molar-refractivity contribution >= 4 is 12.6 Å². The second kappa shape index (κ2) is 18.2. The van der Waals surface area contributed by atoms with Gasteiger partial charge in [0, 0.05) is 0 Å². The van der Waals surface area contributed by atoms with Crippen LogP contribution in [0, 0.1) is 5.41 Å². The van der Waals surface area contributed by atoms with E-state index in [9.17, 15) is 0 Å². The lowest BCUT2D eigenvalue weighted by Crippen LogP contribution is -3.00. The zero-order valence-electron chi connectivity index (χ0n) is 15.7. The van der Waals surface area contributed by atoms with Crippen LogP contribution in [0.2, 0.25) is 0 Å². The fourth-order valence-corrected chi connectivity index (χ4v) is 3.81. The molecular formula is C20H43BrS. The number of halogens is 1. The van der Waals surface area contributed by atoms with Gasteiger partial charge in [-0.2, -0.15) is 0 Å². The molecule has 0 aromatic rings. The fourth-order valence-electron chi connectivity index (χ4n) is 3.56. The Hall–Kier alpha value is 0.830. The third-order valence-corrected chi connectivity index (χ3v) is 5.42. The molecule has 0 aliphatic carbocycles. The lowest BCUT2D eigenvalue weighted by atomic mass is 9.71. The first-order valence-electron chi connectivity index (χ1n) is 9.89. The molecule has 0 saturated carbocycles. The Morgan fingerprint density at radius 2 is 0.909 bits per heavy atom. The van der Waals surface area contributed by atoms with Gasteiger partial charge in [-0.15, -0.1) is 0 Å². The van der Waals surface area contributed by atoms with Crippen LogP contribution in [0.3, 0.4) is 0 Å². The monoisotopic (exact) mass is 394 g/mol. The molecule has 0 fully saturated rings. The minimum absolute atomic E-state index is 0. The van der Waals surface area contributed by atoms with E-state index in [-0.39, 0.29) is 17.0 Å². The topological polar surface area (TPSA) is 0 Å². The Balaban J connectivity index is 0. The molecule has 0 aromatic carbocycles. The Bertz CT molecular complexity index is 184. The highest BCUT2D eigenvalue weighted by molar-refractivity contribution is 7.58. The van der Waals surface area contributed by atoms with E-state index in [0.717, 1.165) is 0 Å². The van der Waals surface area contributed by atoms with Crippen molar-refractivity contribution in [2.75, 3.05) is 5.75 Å². The first kappa shape index (κ1) is 25.1. The fraction of sp³-hybridized carbons (Fsp3) is 1.00. The molecule has 0 radical (unpaired) electrons. The van der Waals surface area contributed by atoms with Gasteiger partial charge in [0.15, 0.2) is 0 Å². The average Bonchev–Trinajstić information content (AvgIpc) is 2.51. The van der Waals surface area contributed by atoms with Crippen molar-refractivity contribution in [2.45, 2.75) is 117 Å². The molecule has 0 nitrogen and oxygen atoms in total. The Morgan fingerprint density at radius 3 is 1.32 bits per heavy atom. The Labute approximate surface area is 157 Å². The van der Waals surface area contributed by atoms with Gasteiger partial charge in [-0.25, -0.2) is 0 Å². The van der Waals surface area contributed by atoms with Crippen LogP contribution in [0.25, 0.3) is 0 Å². The molecule has 0 atom stereocenters. The standard InChI is InChI=1S/C20H42S.BrH/c1-4-7-15-20(16-8-5-2,17-9-6-3)18-13-11-10-12-14-19-21;/h21H,4-19H2,1-3H3;1H. The number of unbranched alkanes of at least 4 members (excludes halogenated alkanes) is 7. The van der Waals surface area contributed by atoms with Crippen LogP contribution in [-0.4, -0.2) is 5.75 Å². The minimum atomic E-state index is 0. The summed E-state index contributed by atoms with van der Waals surface area (Å²) < 4.78 is 0. The number of rotatable bonds is 16. The van der Waals surface area contributed by atoms with Crippen LogP contribution in [0.5, 0.6) is 0 Å². The summed E-state index contributed by atoms with van der Waals surface area (Å²) in [4.78, 5) is 0. The van der Waals surface area contributed by atoms with E-state index in [0.29, 0.717) is 5.41 Å². The minimum Gasteiger partial charge on any atom is -1.00 e. The van der Waals surface area contributed by atoms with Crippen molar-refractivity contribution in [1.82, 2.24) is 0 Å². The molecule has 136 valence electrons. The zero-order valence-corrected chi connectivity index (χ0v) is 18.3. The largest absolute Gasteiger partial charge is 1.00 e. The van der Waals surface area contributed by atoms with E-state index in [1.54, 1.807) is 0 Å². The van der Waals surface area contributed by atoms with Crippen LogP contribution in [-0.2, 0) is 12.6 Å². The van der Waals surface area contributed by atoms with Crippen molar-refractivity contribution in [1.29, 1.82) is 0 Å². The highest BCUT2D eigenvalue weighted by Crippen LogP contribution is 2.41. The molecule has 0 aromatic heterocycles. The van der Waals surface area contributed by atoms with Gasteiger partial charge in [-0.1, -0.05) is 78.6 Å². The highest BCUT2D eigenvalue weighted by atomic mass is 79.9. The van der Waals surface area contributed by atoms with Crippen molar-refractivity contribution in [2.24, 2.45) is 5.41 Å². The summed E-state index contributed by atoms with van der Waals surface area (Å²) in [5, 5.41) is 0. The van der Waals surface area contributed by atoms with Crippen LogP contribution in [0.15, 0.2) is 0 Å².